The van der Waals surface area contributed by atoms with Crippen molar-refractivity contribution in [2.75, 3.05) is 27.9 Å². The topological polar surface area (TPSA) is 70.8 Å². The van der Waals surface area contributed by atoms with E-state index in [1.54, 1.807) is 32.4 Å². The second-order valence-corrected chi connectivity index (χ2v) is 3.91. The van der Waals surface area contributed by atoms with Gasteiger partial charge < -0.3 is 19.9 Å². The van der Waals surface area contributed by atoms with Gasteiger partial charge in [0.15, 0.2) is 5.78 Å². The minimum atomic E-state index is -0.311. The fourth-order valence-electron chi connectivity index (χ4n) is 1.65. The number of hydrogen-bond donors (Lipinski definition) is 1. The predicted molar refractivity (Wildman–Crippen MR) is 68.3 cm³/mol. The zero-order valence-corrected chi connectivity index (χ0v) is 10.9. The van der Waals surface area contributed by atoms with Gasteiger partial charge in [-0.1, -0.05) is 0 Å². The molecule has 0 aliphatic heterocycles. The van der Waals surface area contributed by atoms with Crippen molar-refractivity contribution in [3.8, 4) is 11.5 Å². The lowest BCUT2D eigenvalue weighted by Gasteiger charge is -2.12. The molecular formula is C13H19NO4. The summed E-state index contributed by atoms with van der Waals surface area (Å²) in [4.78, 5) is 12.1. The molecule has 0 saturated heterocycles. The zero-order chi connectivity index (χ0) is 13.5. The van der Waals surface area contributed by atoms with Crippen LogP contribution in [0.1, 0.15) is 16.8 Å². The molecule has 0 spiro atoms. The number of methoxy groups -OCH3 is 3. The molecule has 100 valence electrons. The van der Waals surface area contributed by atoms with Crippen molar-refractivity contribution in [1.82, 2.24) is 0 Å². The predicted octanol–water partition coefficient (Wildman–Crippen LogP) is 1.25. The quantitative estimate of drug-likeness (QED) is 0.740. The van der Waals surface area contributed by atoms with Crippen molar-refractivity contribution >= 4 is 5.78 Å². The van der Waals surface area contributed by atoms with E-state index in [1.165, 1.54) is 7.11 Å². The first-order valence-electron chi connectivity index (χ1n) is 5.62. The maximum atomic E-state index is 12.1. The first kappa shape index (κ1) is 14.5. The first-order valence-corrected chi connectivity index (χ1v) is 5.62. The average molecular weight is 253 g/mol. The molecule has 1 unspecified atom stereocenters. The van der Waals surface area contributed by atoms with Gasteiger partial charge in [-0.05, 0) is 12.1 Å². The lowest BCUT2D eigenvalue weighted by atomic mass is 10.0. The van der Waals surface area contributed by atoms with Crippen molar-refractivity contribution < 1.29 is 19.0 Å². The van der Waals surface area contributed by atoms with Crippen LogP contribution >= 0.6 is 0 Å². The summed E-state index contributed by atoms with van der Waals surface area (Å²) in [6, 6.07) is 4.76. The van der Waals surface area contributed by atoms with E-state index in [4.69, 9.17) is 19.9 Å². The zero-order valence-electron chi connectivity index (χ0n) is 10.9. The van der Waals surface area contributed by atoms with Gasteiger partial charge in [0.25, 0.3) is 0 Å². The molecule has 1 rings (SSSR count). The number of hydrogen-bond acceptors (Lipinski definition) is 5. The van der Waals surface area contributed by atoms with Gasteiger partial charge >= 0.3 is 0 Å². The van der Waals surface area contributed by atoms with Crippen LogP contribution in [0.15, 0.2) is 18.2 Å². The SMILES string of the molecule is COCC(N)CC(=O)c1ccc(OC)cc1OC. The van der Waals surface area contributed by atoms with Crippen LogP contribution in [0.3, 0.4) is 0 Å². The molecule has 0 aromatic heterocycles. The van der Waals surface area contributed by atoms with E-state index < -0.39 is 0 Å². The summed E-state index contributed by atoms with van der Waals surface area (Å²) in [7, 11) is 4.63. The van der Waals surface area contributed by atoms with Crippen LogP contribution in [0, 0.1) is 0 Å². The third-order valence-electron chi connectivity index (χ3n) is 2.54. The Labute approximate surface area is 107 Å². The molecule has 1 aromatic rings. The minimum absolute atomic E-state index is 0.0703. The fourth-order valence-corrected chi connectivity index (χ4v) is 1.65. The van der Waals surface area contributed by atoms with E-state index in [2.05, 4.69) is 0 Å². The second kappa shape index (κ2) is 6.98. The van der Waals surface area contributed by atoms with Crippen molar-refractivity contribution in [1.29, 1.82) is 0 Å². The Bertz CT molecular complexity index is 406. The summed E-state index contributed by atoms with van der Waals surface area (Å²) < 4.78 is 15.2. The highest BCUT2D eigenvalue weighted by atomic mass is 16.5. The normalized spacial score (nSPS) is 12.0. The van der Waals surface area contributed by atoms with Crippen LogP contribution < -0.4 is 15.2 Å². The Balaban J connectivity index is 2.84. The maximum Gasteiger partial charge on any atom is 0.168 e. The molecule has 0 heterocycles. The highest BCUT2D eigenvalue weighted by Crippen LogP contribution is 2.25. The summed E-state index contributed by atoms with van der Waals surface area (Å²) >= 11 is 0. The smallest absolute Gasteiger partial charge is 0.168 e. The Morgan fingerprint density at radius 2 is 2.00 bits per heavy atom. The van der Waals surface area contributed by atoms with E-state index in [0.717, 1.165) is 0 Å². The Morgan fingerprint density at radius 1 is 1.28 bits per heavy atom. The van der Waals surface area contributed by atoms with Crippen LogP contribution in [0.4, 0.5) is 0 Å². The summed E-state index contributed by atoms with van der Waals surface area (Å²) in [6.07, 6.45) is 0.219. The van der Waals surface area contributed by atoms with Gasteiger partial charge in [0, 0.05) is 25.6 Å². The molecule has 0 radical (unpaired) electrons. The summed E-state index contributed by atoms with van der Waals surface area (Å²) in [5, 5.41) is 0. The number of nitrogens with two attached hydrogens (primary N) is 1. The van der Waals surface area contributed by atoms with Crippen molar-refractivity contribution in [3.63, 3.8) is 0 Å². The Morgan fingerprint density at radius 3 is 2.56 bits per heavy atom. The summed E-state index contributed by atoms with van der Waals surface area (Å²) in [5.74, 6) is 1.06. The standard InChI is InChI=1S/C13H19NO4/c1-16-8-9(14)6-12(15)11-5-4-10(17-2)7-13(11)18-3/h4-5,7,9H,6,8,14H2,1-3H3. The monoisotopic (exact) mass is 253 g/mol. The van der Waals surface area contributed by atoms with Gasteiger partial charge in [0.2, 0.25) is 0 Å². The molecule has 1 atom stereocenters. The van der Waals surface area contributed by atoms with Crippen molar-refractivity contribution in [2.24, 2.45) is 5.73 Å². The molecule has 0 aliphatic carbocycles. The largest absolute Gasteiger partial charge is 0.497 e. The lowest BCUT2D eigenvalue weighted by Crippen LogP contribution is -2.28. The first-order chi connectivity index (χ1) is 8.62. The van der Waals surface area contributed by atoms with Crippen LogP contribution in [-0.4, -0.2) is 39.8 Å². The molecule has 5 nitrogen and oxygen atoms in total. The number of carbonyl (C=O) groups excluding carboxylic acids is 1. The minimum Gasteiger partial charge on any atom is -0.497 e. The number of Topliss-reactive ketones (excluding diaryl/α,β-unsaturated/α-hetero) is 1. The lowest BCUT2D eigenvalue weighted by molar-refractivity contribution is 0.0946. The molecule has 0 aliphatic rings. The van der Waals surface area contributed by atoms with Crippen LogP contribution in [0.2, 0.25) is 0 Å². The fraction of sp³-hybridized carbons (Fsp3) is 0.462. The molecule has 0 fully saturated rings. The van der Waals surface area contributed by atoms with E-state index in [9.17, 15) is 4.79 Å². The van der Waals surface area contributed by atoms with Crippen LogP contribution in [-0.2, 0) is 4.74 Å². The van der Waals surface area contributed by atoms with E-state index in [-0.39, 0.29) is 18.2 Å². The molecule has 0 saturated carbocycles. The Hall–Kier alpha value is -1.59. The number of carbonyl (C=O) groups is 1. The molecule has 0 bridgehead atoms. The molecular weight excluding hydrogens is 234 g/mol. The molecule has 5 heteroatoms. The summed E-state index contributed by atoms with van der Waals surface area (Å²) in [6.45, 7) is 0.351. The van der Waals surface area contributed by atoms with Crippen molar-refractivity contribution in [3.05, 3.63) is 23.8 Å². The number of ether oxygens (including phenoxy) is 3. The van der Waals surface area contributed by atoms with Crippen LogP contribution in [0.25, 0.3) is 0 Å². The van der Waals surface area contributed by atoms with Gasteiger partial charge in [0.05, 0.1) is 26.4 Å². The second-order valence-electron chi connectivity index (χ2n) is 3.91. The van der Waals surface area contributed by atoms with E-state index in [0.29, 0.717) is 23.7 Å². The number of ketones is 1. The number of benzene rings is 1. The third kappa shape index (κ3) is 3.72. The highest BCUT2D eigenvalue weighted by molar-refractivity contribution is 5.99. The highest BCUT2D eigenvalue weighted by Gasteiger charge is 2.16. The van der Waals surface area contributed by atoms with E-state index >= 15 is 0 Å². The van der Waals surface area contributed by atoms with Gasteiger partial charge in [-0.25, -0.2) is 0 Å². The number of rotatable bonds is 7. The van der Waals surface area contributed by atoms with Crippen molar-refractivity contribution in [2.45, 2.75) is 12.5 Å². The average Bonchev–Trinajstić information content (AvgIpc) is 2.38. The van der Waals surface area contributed by atoms with Gasteiger partial charge in [-0.3, -0.25) is 4.79 Å². The van der Waals surface area contributed by atoms with Gasteiger partial charge in [-0.2, -0.15) is 0 Å². The molecule has 2 N–H and O–H groups in total. The van der Waals surface area contributed by atoms with Crippen LogP contribution in [0.5, 0.6) is 11.5 Å². The van der Waals surface area contributed by atoms with E-state index in [1.807, 2.05) is 0 Å². The molecule has 18 heavy (non-hydrogen) atoms. The molecule has 1 aromatic carbocycles. The molecule has 0 amide bonds. The van der Waals surface area contributed by atoms with Gasteiger partial charge in [-0.15, -0.1) is 0 Å². The third-order valence-corrected chi connectivity index (χ3v) is 2.54. The van der Waals surface area contributed by atoms with Gasteiger partial charge in [0.1, 0.15) is 11.5 Å². The summed E-state index contributed by atoms with van der Waals surface area (Å²) in [5.41, 5.74) is 6.26. The Kier molecular flexibility index (Phi) is 5.61. The maximum absolute atomic E-state index is 12.1.